The first-order valence-corrected chi connectivity index (χ1v) is 11.6. The molecule has 2 N–H and O–H groups in total. The van der Waals surface area contributed by atoms with Gasteiger partial charge in [-0.1, -0.05) is 26.0 Å². The molecular weight excluding hydrogens is 378 g/mol. The van der Waals surface area contributed by atoms with E-state index in [0.29, 0.717) is 24.4 Å². The van der Waals surface area contributed by atoms with Gasteiger partial charge in [0.25, 0.3) is 5.91 Å². The third-order valence-electron chi connectivity index (χ3n) is 6.42. The Morgan fingerprint density at radius 2 is 2.10 bits per heavy atom. The second-order valence-corrected chi connectivity index (χ2v) is 8.98. The number of aryl methyl sites for hydroxylation is 1. The van der Waals surface area contributed by atoms with Gasteiger partial charge < -0.3 is 15.5 Å². The smallest absolute Gasteiger partial charge is 0.251 e. The van der Waals surface area contributed by atoms with Crippen molar-refractivity contribution in [3.05, 3.63) is 63.4 Å². The maximum atomic E-state index is 12.7. The number of hydrogen-bond donors (Lipinski definition) is 2. The van der Waals surface area contributed by atoms with E-state index in [2.05, 4.69) is 72.0 Å². The molecule has 154 valence electrons. The third-order valence-corrected chi connectivity index (χ3v) is 7.52. The molecule has 1 aromatic carbocycles. The number of thiophene rings is 1. The third kappa shape index (κ3) is 3.99. The molecule has 1 aromatic heterocycles. The molecule has 0 saturated carbocycles. The van der Waals surface area contributed by atoms with E-state index >= 15 is 0 Å². The summed E-state index contributed by atoms with van der Waals surface area (Å²) in [4.78, 5) is 16.5. The molecule has 1 aliphatic carbocycles. The van der Waals surface area contributed by atoms with E-state index in [4.69, 9.17) is 0 Å². The maximum Gasteiger partial charge on any atom is 0.251 e. The monoisotopic (exact) mass is 409 g/mol. The van der Waals surface area contributed by atoms with Gasteiger partial charge in [0, 0.05) is 35.1 Å². The molecule has 0 saturated heterocycles. The molecule has 3 unspecified atom stereocenters. The Labute approximate surface area is 178 Å². The lowest BCUT2D eigenvalue weighted by Gasteiger charge is -2.37. The van der Waals surface area contributed by atoms with E-state index in [9.17, 15) is 4.79 Å². The number of nitrogens with one attached hydrogen (secondary N) is 2. The highest BCUT2D eigenvalue weighted by Gasteiger charge is 2.39. The number of allylic oxidation sites excluding steroid dienone is 2. The number of carbonyl (C=O) groups is 1. The summed E-state index contributed by atoms with van der Waals surface area (Å²) in [5.74, 6) is 0.914. The number of likely N-dealkylation sites (N-methyl/N-ethyl adjacent to an activating group) is 1. The van der Waals surface area contributed by atoms with Crippen LogP contribution in [0.2, 0.25) is 0 Å². The number of benzene rings is 1. The fraction of sp³-hybridized carbons (Fsp3) is 0.458. The van der Waals surface area contributed by atoms with E-state index in [1.54, 1.807) is 0 Å². The Balaban J connectivity index is 1.52. The highest BCUT2D eigenvalue weighted by molar-refractivity contribution is 7.10. The Bertz CT molecular complexity index is 899. The summed E-state index contributed by atoms with van der Waals surface area (Å²) in [6, 6.07) is 8.69. The molecule has 3 atom stereocenters. The lowest BCUT2D eigenvalue weighted by molar-refractivity contribution is 0.0949. The van der Waals surface area contributed by atoms with Crippen molar-refractivity contribution in [2.75, 3.05) is 31.5 Å². The molecule has 4 rings (SSSR count). The fourth-order valence-electron chi connectivity index (χ4n) is 4.67. The molecule has 1 amide bonds. The Hall–Kier alpha value is -2.11. The molecule has 0 bridgehead atoms. The first-order chi connectivity index (χ1) is 14.1. The van der Waals surface area contributed by atoms with E-state index in [0.717, 1.165) is 37.3 Å². The average Bonchev–Trinajstić information content (AvgIpc) is 3.39. The van der Waals surface area contributed by atoms with Crippen LogP contribution in [0.5, 0.6) is 0 Å². The molecule has 4 nitrogen and oxygen atoms in total. The topological polar surface area (TPSA) is 44.4 Å². The van der Waals surface area contributed by atoms with Crippen LogP contribution in [0.3, 0.4) is 0 Å². The molecule has 2 aromatic rings. The van der Waals surface area contributed by atoms with Gasteiger partial charge in [0.2, 0.25) is 0 Å². The van der Waals surface area contributed by atoms with Gasteiger partial charge in [-0.3, -0.25) is 4.79 Å². The first-order valence-electron chi connectivity index (χ1n) is 10.7. The van der Waals surface area contributed by atoms with Gasteiger partial charge in [0.05, 0.1) is 6.04 Å². The van der Waals surface area contributed by atoms with Gasteiger partial charge in [-0.05, 0) is 73.1 Å². The molecule has 1 aliphatic heterocycles. The number of carbonyl (C=O) groups excluding carboxylic acids is 1. The predicted molar refractivity (Wildman–Crippen MR) is 122 cm³/mol. The van der Waals surface area contributed by atoms with Gasteiger partial charge in [-0.2, -0.15) is 0 Å². The van der Waals surface area contributed by atoms with E-state index in [1.165, 1.54) is 16.0 Å². The number of anilines is 1. The quantitative estimate of drug-likeness (QED) is 0.636. The van der Waals surface area contributed by atoms with Crippen LogP contribution in [-0.4, -0.2) is 37.0 Å². The van der Waals surface area contributed by atoms with Crippen molar-refractivity contribution in [2.24, 2.45) is 5.92 Å². The van der Waals surface area contributed by atoms with Crippen LogP contribution in [0, 0.1) is 12.8 Å². The summed E-state index contributed by atoms with van der Waals surface area (Å²) < 4.78 is 0. The van der Waals surface area contributed by atoms with Crippen molar-refractivity contribution < 1.29 is 4.79 Å². The van der Waals surface area contributed by atoms with Crippen LogP contribution >= 0.6 is 11.3 Å². The zero-order valence-corrected chi connectivity index (χ0v) is 18.4. The van der Waals surface area contributed by atoms with Gasteiger partial charge in [-0.25, -0.2) is 0 Å². The summed E-state index contributed by atoms with van der Waals surface area (Å²) in [5.41, 5.74) is 4.54. The van der Waals surface area contributed by atoms with Crippen LogP contribution in [0.25, 0.3) is 0 Å². The van der Waals surface area contributed by atoms with Gasteiger partial charge >= 0.3 is 0 Å². The van der Waals surface area contributed by atoms with Crippen LogP contribution < -0.4 is 10.6 Å². The van der Waals surface area contributed by atoms with Gasteiger partial charge in [-0.15, -0.1) is 11.3 Å². The van der Waals surface area contributed by atoms with E-state index in [-0.39, 0.29) is 5.91 Å². The summed E-state index contributed by atoms with van der Waals surface area (Å²) in [5, 5.41) is 9.05. The minimum absolute atomic E-state index is 0.0229. The maximum absolute atomic E-state index is 12.7. The van der Waals surface area contributed by atoms with Crippen molar-refractivity contribution in [3.63, 3.8) is 0 Å². The lowest BCUT2D eigenvalue weighted by atomic mass is 9.78. The zero-order chi connectivity index (χ0) is 20.4. The number of nitrogens with zero attached hydrogens (tertiary/aromatic N) is 1. The normalized spacial score (nSPS) is 22.3. The molecule has 2 heterocycles. The van der Waals surface area contributed by atoms with E-state index < -0.39 is 0 Å². The zero-order valence-electron chi connectivity index (χ0n) is 17.6. The highest BCUT2D eigenvalue weighted by Crippen LogP contribution is 2.51. The Kier molecular flexibility index (Phi) is 6.07. The van der Waals surface area contributed by atoms with Crippen molar-refractivity contribution in [1.82, 2.24) is 10.2 Å². The average molecular weight is 410 g/mol. The van der Waals surface area contributed by atoms with Gasteiger partial charge in [0.1, 0.15) is 0 Å². The van der Waals surface area contributed by atoms with Crippen LogP contribution in [0.1, 0.15) is 58.6 Å². The summed E-state index contributed by atoms with van der Waals surface area (Å²) in [6.45, 7) is 10.1. The van der Waals surface area contributed by atoms with Crippen LogP contribution in [0.15, 0.2) is 41.8 Å². The van der Waals surface area contributed by atoms with Crippen molar-refractivity contribution in [2.45, 2.75) is 39.2 Å². The van der Waals surface area contributed by atoms with E-state index in [1.807, 2.05) is 17.4 Å². The molecule has 0 spiro atoms. The predicted octanol–water partition coefficient (Wildman–Crippen LogP) is 4.95. The summed E-state index contributed by atoms with van der Waals surface area (Å²) in [6.07, 6.45) is 5.72. The SMILES string of the molecule is CCN(CC)CCNC(=O)c1ccc2c(c1)C1C=CCC1C(c1sccc1C)N2. The first kappa shape index (κ1) is 20.2. The molecule has 29 heavy (non-hydrogen) atoms. The van der Waals surface area contributed by atoms with Crippen molar-refractivity contribution in [1.29, 1.82) is 0 Å². The standard InChI is InChI=1S/C24H31N3OS/c1-4-27(5-2)13-12-25-24(28)17-9-10-21-20(15-17)18-7-6-8-19(18)22(26-21)23-16(3)11-14-29-23/h6-7,9-11,14-15,18-19,22,26H,4-5,8,12-13H2,1-3H3,(H,25,28). The van der Waals surface area contributed by atoms with Crippen LogP contribution in [-0.2, 0) is 0 Å². The fourth-order valence-corrected chi connectivity index (χ4v) is 5.72. The Morgan fingerprint density at radius 3 is 2.83 bits per heavy atom. The largest absolute Gasteiger partial charge is 0.377 e. The molecule has 0 fully saturated rings. The summed E-state index contributed by atoms with van der Waals surface area (Å²) >= 11 is 1.84. The minimum Gasteiger partial charge on any atom is -0.377 e. The number of amides is 1. The lowest BCUT2D eigenvalue weighted by Crippen LogP contribution is -2.35. The van der Waals surface area contributed by atoms with Crippen molar-refractivity contribution in [3.8, 4) is 0 Å². The Morgan fingerprint density at radius 1 is 1.28 bits per heavy atom. The summed E-state index contributed by atoms with van der Waals surface area (Å²) in [7, 11) is 0. The van der Waals surface area contributed by atoms with Crippen LogP contribution in [0.4, 0.5) is 5.69 Å². The van der Waals surface area contributed by atoms with Crippen molar-refractivity contribution >= 4 is 22.9 Å². The molecule has 0 radical (unpaired) electrons. The second kappa shape index (κ2) is 8.72. The minimum atomic E-state index is 0.0229. The molecular formula is C24H31N3OS. The number of rotatable bonds is 7. The highest BCUT2D eigenvalue weighted by atomic mass is 32.1. The van der Waals surface area contributed by atoms with Gasteiger partial charge in [0.15, 0.2) is 0 Å². The number of hydrogen-bond acceptors (Lipinski definition) is 4. The molecule has 2 aliphatic rings. The molecule has 5 heteroatoms. The number of fused-ring (bicyclic) bond motifs is 3. The second-order valence-electron chi connectivity index (χ2n) is 8.03.